The van der Waals surface area contributed by atoms with Crippen molar-refractivity contribution in [3.05, 3.63) is 139 Å². The molecule has 0 spiro atoms. The summed E-state index contributed by atoms with van der Waals surface area (Å²) in [5, 5.41) is 12.7. The number of carbonyl (C=O) groups is 2. The average Bonchev–Trinajstić information content (AvgIpc) is 3.59. The summed E-state index contributed by atoms with van der Waals surface area (Å²) in [6, 6.07) is 23.5. The second kappa shape index (κ2) is 14.9. The molecule has 0 unspecified atom stereocenters. The largest absolute Gasteiger partial charge is 0.460 e. The van der Waals surface area contributed by atoms with Gasteiger partial charge in [0.2, 0.25) is 0 Å². The van der Waals surface area contributed by atoms with Gasteiger partial charge in [-0.05, 0) is 36.4 Å². The van der Waals surface area contributed by atoms with Crippen molar-refractivity contribution in [3.8, 4) is 0 Å². The number of carbonyl (C=O) groups excluding carboxylic acids is 2. The lowest BCUT2D eigenvalue weighted by molar-refractivity contribution is -0.384. The van der Waals surface area contributed by atoms with Gasteiger partial charge in [0, 0.05) is 52.6 Å². The highest BCUT2D eigenvalue weighted by atomic mass is 35.5. The van der Waals surface area contributed by atoms with Crippen LogP contribution in [0.25, 0.3) is 21.9 Å². The van der Waals surface area contributed by atoms with Crippen LogP contribution >= 0.6 is 23.2 Å². The van der Waals surface area contributed by atoms with Gasteiger partial charge >= 0.3 is 0 Å². The van der Waals surface area contributed by atoms with E-state index < -0.39 is 4.92 Å². The Hall–Kier alpha value is -4.92. The molecule has 0 aliphatic carbocycles. The zero-order valence-corrected chi connectivity index (χ0v) is 25.2. The maximum Gasteiger partial charge on any atom is 0.270 e. The van der Waals surface area contributed by atoms with E-state index >= 15 is 0 Å². The van der Waals surface area contributed by atoms with Gasteiger partial charge in [-0.2, -0.15) is 0 Å². The van der Waals surface area contributed by atoms with Gasteiger partial charge in [-0.1, -0.05) is 88.3 Å². The maximum atomic E-state index is 12.9. The zero-order chi connectivity index (χ0) is 31.5. The van der Waals surface area contributed by atoms with Crippen LogP contribution in [0.3, 0.4) is 0 Å². The number of aryl methyl sites for hydroxylation is 2. The molecule has 8 nitrogen and oxygen atoms in total. The van der Waals surface area contributed by atoms with Crippen molar-refractivity contribution >= 4 is 68.1 Å². The third-order valence-corrected chi connectivity index (χ3v) is 7.70. The monoisotopic (exact) mass is 660 g/mol. The van der Waals surface area contributed by atoms with Crippen LogP contribution in [-0.2, 0) is 12.8 Å². The summed E-state index contributed by atoms with van der Waals surface area (Å²) < 4.78 is 11.5. The minimum absolute atomic E-state index is 0. The zero-order valence-electron chi connectivity index (χ0n) is 23.7. The molecule has 4 aromatic carbocycles. The van der Waals surface area contributed by atoms with Crippen molar-refractivity contribution in [2.75, 3.05) is 5.73 Å². The van der Waals surface area contributed by atoms with E-state index in [2.05, 4.69) is 0 Å². The van der Waals surface area contributed by atoms with Gasteiger partial charge in [0.1, 0.15) is 22.7 Å². The number of benzene rings is 4. The number of hydrogen-bond acceptors (Lipinski definition) is 7. The smallest absolute Gasteiger partial charge is 0.270 e. The molecule has 2 N–H and O–H groups in total. The van der Waals surface area contributed by atoms with Gasteiger partial charge in [-0.15, -0.1) is 0 Å². The van der Waals surface area contributed by atoms with E-state index in [-0.39, 0.29) is 42.7 Å². The van der Waals surface area contributed by atoms with Crippen LogP contribution in [0.5, 0.6) is 0 Å². The number of anilines is 1. The van der Waals surface area contributed by atoms with E-state index in [4.69, 9.17) is 37.8 Å². The van der Waals surface area contributed by atoms with Gasteiger partial charge in [0.05, 0.1) is 26.1 Å². The number of nitro groups is 1. The molecular weight excluding hydrogens is 627 g/mol. The highest BCUT2D eigenvalue weighted by molar-refractivity contribution is 6.36. The lowest BCUT2D eigenvalue weighted by atomic mass is 9.99. The van der Waals surface area contributed by atoms with Crippen LogP contribution in [0.4, 0.5) is 11.4 Å². The Bertz CT molecular complexity index is 2060. The second-order valence-corrected chi connectivity index (χ2v) is 10.6. The number of nitrogens with two attached hydrogens (primary N) is 1. The molecule has 6 aromatic rings. The SMILES string of the molecule is C.C.CCc1oc2ccccc2c1C(=O)c1ccc(N)cc1Cl.CCc1oc2ccccc2c1C(=O)c1ccc([N+](=O)[O-])cc1Cl. The molecule has 10 heteroatoms. The van der Waals surface area contributed by atoms with Crippen molar-refractivity contribution < 1.29 is 23.3 Å². The van der Waals surface area contributed by atoms with E-state index in [9.17, 15) is 19.7 Å². The summed E-state index contributed by atoms with van der Waals surface area (Å²) in [6.45, 7) is 3.85. The van der Waals surface area contributed by atoms with Gasteiger partial charge in [0.25, 0.3) is 5.69 Å². The summed E-state index contributed by atoms with van der Waals surface area (Å²) in [4.78, 5) is 36.0. The van der Waals surface area contributed by atoms with Gasteiger partial charge in [0.15, 0.2) is 11.6 Å². The molecule has 0 bridgehead atoms. The van der Waals surface area contributed by atoms with Gasteiger partial charge < -0.3 is 14.6 Å². The van der Waals surface area contributed by atoms with E-state index in [1.165, 1.54) is 18.2 Å². The highest BCUT2D eigenvalue weighted by Gasteiger charge is 2.24. The normalized spacial score (nSPS) is 10.4. The molecule has 0 aliphatic rings. The number of para-hydroxylation sites is 2. The van der Waals surface area contributed by atoms with Crippen molar-refractivity contribution in [2.24, 2.45) is 0 Å². The topological polar surface area (TPSA) is 130 Å². The highest BCUT2D eigenvalue weighted by Crippen LogP contribution is 2.33. The molecule has 0 radical (unpaired) electrons. The summed E-state index contributed by atoms with van der Waals surface area (Å²) in [7, 11) is 0. The molecule has 0 saturated heterocycles. The third kappa shape index (κ3) is 6.83. The number of ketones is 2. The number of nitrogen functional groups attached to an aromatic ring is 1. The molecule has 0 amide bonds. The Morgan fingerprint density at radius 2 is 1.15 bits per heavy atom. The third-order valence-electron chi connectivity index (χ3n) is 7.08. The summed E-state index contributed by atoms with van der Waals surface area (Å²) in [5.74, 6) is 0.813. The minimum atomic E-state index is -0.551. The molecule has 0 saturated carbocycles. The summed E-state index contributed by atoms with van der Waals surface area (Å²) >= 11 is 12.2. The number of nitrogens with zero attached hydrogens (tertiary/aromatic N) is 1. The minimum Gasteiger partial charge on any atom is -0.460 e. The van der Waals surface area contributed by atoms with Crippen LogP contribution in [0.1, 0.15) is 72.1 Å². The fourth-order valence-corrected chi connectivity index (χ4v) is 5.51. The number of non-ortho nitro benzene ring substituents is 1. The number of nitro benzene ring substituents is 1. The van der Waals surface area contributed by atoms with Crippen molar-refractivity contribution in [1.29, 1.82) is 0 Å². The fourth-order valence-electron chi connectivity index (χ4n) is 4.97. The predicted molar refractivity (Wildman–Crippen MR) is 185 cm³/mol. The van der Waals surface area contributed by atoms with Crippen LogP contribution in [-0.4, -0.2) is 16.5 Å². The molecule has 0 aliphatic heterocycles. The first-order chi connectivity index (χ1) is 21.1. The summed E-state index contributed by atoms with van der Waals surface area (Å²) in [6.07, 6.45) is 1.20. The first-order valence-corrected chi connectivity index (χ1v) is 14.5. The fraction of sp³-hybridized carbons (Fsp3) is 0.167. The molecular formula is C36H34Cl2N2O6. The first kappa shape index (κ1) is 35.6. The molecule has 6 rings (SSSR count). The predicted octanol–water partition coefficient (Wildman–Crippen LogP) is 10.5. The van der Waals surface area contributed by atoms with Crippen LogP contribution in [0.2, 0.25) is 10.0 Å². The average molecular weight is 662 g/mol. The Labute approximate surface area is 276 Å². The number of fused-ring (bicyclic) bond motifs is 2. The lowest BCUT2D eigenvalue weighted by Gasteiger charge is -2.05. The second-order valence-electron chi connectivity index (χ2n) is 9.82. The van der Waals surface area contributed by atoms with Crippen molar-refractivity contribution in [1.82, 2.24) is 0 Å². The number of hydrogen-bond donors (Lipinski definition) is 1. The standard InChI is InChI=1S/C17H12ClNO4.C17H14ClNO2.2CH4/c1-2-14-16(12-5-3-4-6-15(12)23-14)17(20)11-8-7-10(19(21)22)9-13(11)18;1-2-14-16(12-5-3-4-6-15(12)21-14)17(20)11-8-7-10(19)9-13(11)18;;/h3-9H,2H2,1H3;3-9H,2,19H2,1H3;2*1H4. The van der Waals surface area contributed by atoms with E-state index in [1.807, 2.05) is 56.3 Å². The Morgan fingerprint density at radius 1 is 0.717 bits per heavy atom. The van der Waals surface area contributed by atoms with E-state index in [1.54, 1.807) is 24.3 Å². The first-order valence-electron chi connectivity index (χ1n) is 13.7. The van der Waals surface area contributed by atoms with Crippen molar-refractivity contribution in [2.45, 2.75) is 41.5 Å². The Kier molecular flexibility index (Phi) is 11.5. The molecule has 46 heavy (non-hydrogen) atoms. The van der Waals surface area contributed by atoms with E-state index in [0.717, 1.165) is 5.39 Å². The molecule has 0 fully saturated rings. The maximum absolute atomic E-state index is 12.9. The summed E-state index contributed by atoms with van der Waals surface area (Å²) in [5.41, 5.74) is 9.10. The number of halogens is 2. The Morgan fingerprint density at radius 3 is 1.57 bits per heavy atom. The molecule has 0 atom stereocenters. The van der Waals surface area contributed by atoms with Gasteiger partial charge in [-0.25, -0.2) is 0 Å². The van der Waals surface area contributed by atoms with E-state index in [0.29, 0.717) is 68.3 Å². The van der Waals surface area contributed by atoms with Crippen LogP contribution < -0.4 is 5.73 Å². The van der Waals surface area contributed by atoms with Crippen LogP contribution in [0.15, 0.2) is 93.8 Å². The van der Waals surface area contributed by atoms with Crippen LogP contribution in [0, 0.1) is 10.1 Å². The van der Waals surface area contributed by atoms with Crippen molar-refractivity contribution in [3.63, 3.8) is 0 Å². The van der Waals surface area contributed by atoms with Gasteiger partial charge in [-0.3, -0.25) is 19.7 Å². The Balaban J connectivity index is 0.000000241. The number of rotatable bonds is 7. The lowest BCUT2D eigenvalue weighted by Crippen LogP contribution is -2.04. The number of furan rings is 2. The molecule has 2 heterocycles. The quantitative estimate of drug-likeness (QED) is 0.0780. The molecule has 238 valence electrons. The molecule has 2 aromatic heterocycles.